The Kier molecular flexibility index (Phi) is 1.85. The Balaban J connectivity index is 2.97. The van der Waals surface area contributed by atoms with E-state index in [0.717, 1.165) is 0 Å². The lowest BCUT2D eigenvalue weighted by Gasteiger charge is -2.45. The SMILES string of the molecule is CC1CCC1(C(=O)O)C(F)(F)F. The first-order valence-corrected chi connectivity index (χ1v) is 3.62. The molecule has 0 spiro atoms. The van der Waals surface area contributed by atoms with Crippen LogP contribution in [0.1, 0.15) is 19.8 Å². The lowest BCUT2D eigenvalue weighted by molar-refractivity contribution is -0.269. The van der Waals surface area contributed by atoms with E-state index in [1.807, 2.05) is 0 Å². The van der Waals surface area contributed by atoms with Crippen LogP contribution in [0.2, 0.25) is 0 Å². The molecule has 70 valence electrons. The van der Waals surface area contributed by atoms with Gasteiger partial charge in [0, 0.05) is 0 Å². The third kappa shape index (κ3) is 0.916. The van der Waals surface area contributed by atoms with E-state index in [4.69, 9.17) is 5.11 Å². The van der Waals surface area contributed by atoms with E-state index in [9.17, 15) is 18.0 Å². The molecule has 1 aliphatic rings. The molecule has 0 amide bonds. The van der Waals surface area contributed by atoms with E-state index in [0.29, 0.717) is 6.42 Å². The van der Waals surface area contributed by atoms with Crippen molar-refractivity contribution in [1.29, 1.82) is 0 Å². The minimum Gasteiger partial charge on any atom is -0.481 e. The summed E-state index contributed by atoms with van der Waals surface area (Å²) in [5.41, 5.74) is -2.47. The second kappa shape index (κ2) is 2.37. The highest BCUT2D eigenvalue weighted by atomic mass is 19.4. The van der Waals surface area contributed by atoms with E-state index in [2.05, 4.69) is 0 Å². The second-order valence-electron chi connectivity index (χ2n) is 3.21. The van der Waals surface area contributed by atoms with Crippen molar-refractivity contribution < 1.29 is 23.1 Å². The summed E-state index contributed by atoms with van der Waals surface area (Å²) in [6, 6.07) is 0. The normalized spacial score (nSPS) is 35.8. The minimum absolute atomic E-state index is 0.285. The number of aliphatic carboxylic acids is 1. The Bertz CT molecular complexity index is 211. The molecule has 1 N–H and O–H groups in total. The van der Waals surface area contributed by atoms with Gasteiger partial charge in [-0.15, -0.1) is 0 Å². The molecule has 0 aromatic carbocycles. The summed E-state index contributed by atoms with van der Waals surface area (Å²) in [6.07, 6.45) is -4.56. The van der Waals surface area contributed by atoms with Crippen LogP contribution in [0.25, 0.3) is 0 Å². The Hall–Kier alpha value is -0.740. The number of carboxylic acids is 1. The average molecular weight is 182 g/mol. The van der Waals surface area contributed by atoms with E-state index in [-0.39, 0.29) is 6.42 Å². The molecule has 1 aliphatic carbocycles. The first kappa shape index (κ1) is 9.35. The summed E-state index contributed by atoms with van der Waals surface area (Å²) in [4.78, 5) is 10.4. The zero-order valence-electron chi connectivity index (χ0n) is 6.48. The number of rotatable bonds is 1. The first-order chi connectivity index (χ1) is 5.32. The van der Waals surface area contributed by atoms with Crippen LogP contribution in [0, 0.1) is 11.3 Å². The Labute approximate surface area is 67.4 Å². The molecule has 0 aliphatic heterocycles. The predicted octanol–water partition coefficient (Wildman–Crippen LogP) is 2.05. The molecule has 0 radical (unpaired) electrons. The highest BCUT2D eigenvalue weighted by Gasteiger charge is 2.67. The van der Waals surface area contributed by atoms with Crippen LogP contribution in [0.5, 0.6) is 0 Å². The van der Waals surface area contributed by atoms with E-state index in [1.54, 1.807) is 0 Å². The number of alkyl halides is 3. The van der Waals surface area contributed by atoms with Crippen LogP contribution in [0.15, 0.2) is 0 Å². The second-order valence-corrected chi connectivity index (χ2v) is 3.21. The highest BCUT2D eigenvalue weighted by Crippen LogP contribution is 2.56. The van der Waals surface area contributed by atoms with Gasteiger partial charge in [0.2, 0.25) is 0 Å². The Morgan fingerprint density at radius 3 is 2.08 bits per heavy atom. The van der Waals surface area contributed by atoms with Crippen LogP contribution in [0.4, 0.5) is 13.2 Å². The van der Waals surface area contributed by atoms with Crippen LogP contribution in [-0.2, 0) is 4.79 Å². The monoisotopic (exact) mass is 182 g/mol. The summed E-state index contributed by atoms with van der Waals surface area (Å²) in [7, 11) is 0. The summed E-state index contributed by atoms with van der Waals surface area (Å²) in [5.74, 6) is -2.54. The predicted molar refractivity (Wildman–Crippen MR) is 34.5 cm³/mol. The van der Waals surface area contributed by atoms with Gasteiger partial charge in [-0.05, 0) is 18.8 Å². The van der Waals surface area contributed by atoms with E-state index < -0.39 is 23.5 Å². The van der Waals surface area contributed by atoms with Gasteiger partial charge in [0.15, 0.2) is 5.41 Å². The molecule has 0 saturated heterocycles. The molecular formula is C7H9F3O2. The largest absolute Gasteiger partial charge is 0.481 e. The molecule has 0 aromatic heterocycles. The molecule has 0 bridgehead atoms. The molecule has 1 fully saturated rings. The summed E-state index contributed by atoms with van der Waals surface area (Å²) in [6.45, 7) is 1.32. The van der Waals surface area contributed by atoms with Crippen molar-refractivity contribution in [2.45, 2.75) is 25.9 Å². The van der Waals surface area contributed by atoms with Crippen molar-refractivity contribution in [2.75, 3.05) is 0 Å². The van der Waals surface area contributed by atoms with E-state index >= 15 is 0 Å². The van der Waals surface area contributed by atoms with Crippen LogP contribution in [-0.4, -0.2) is 17.3 Å². The fourth-order valence-corrected chi connectivity index (χ4v) is 1.58. The van der Waals surface area contributed by atoms with E-state index in [1.165, 1.54) is 6.92 Å². The quantitative estimate of drug-likeness (QED) is 0.673. The third-order valence-corrected chi connectivity index (χ3v) is 2.70. The van der Waals surface area contributed by atoms with Gasteiger partial charge in [-0.1, -0.05) is 6.92 Å². The van der Waals surface area contributed by atoms with Crippen molar-refractivity contribution in [3.8, 4) is 0 Å². The molecular weight excluding hydrogens is 173 g/mol. The fraction of sp³-hybridized carbons (Fsp3) is 0.857. The molecule has 1 rings (SSSR count). The lowest BCUT2D eigenvalue weighted by atomic mass is 9.60. The lowest BCUT2D eigenvalue weighted by Crippen LogP contribution is -2.55. The van der Waals surface area contributed by atoms with Gasteiger partial charge in [0.05, 0.1) is 0 Å². The Morgan fingerprint density at radius 2 is 2.08 bits per heavy atom. The maximum absolute atomic E-state index is 12.3. The maximum atomic E-state index is 12.3. The van der Waals surface area contributed by atoms with Crippen LogP contribution in [0.3, 0.4) is 0 Å². The van der Waals surface area contributed by atoms with Crippen molar-refractivity contribution in [1.82, 2.24) is 0 Å². The summed E-state index contributed by atoms with van der Waals surface area (Å²) < 4.78 is 36.8. The summed E-state index contributed by atoms with van der Waals surface area (Å²) >= 11 is 0. The standard InChI is InChI=1S/C7H9F3O2/c1-4-2-3-6(4,5(11)12)7(8,9)10/h4H,2-3H2,1H3,(H,11,12). The van der Waals surface area contributed by atoms with Crippen molar-refractivity contribution in [2.24, 2.45) is 11.3 Å². The van der Waals surface area contributed by atoms with Gasteiger partial charge < -0.3 is 5.11 Å². The topological polar surface area (TPSA) is 37.3 Å². The molecule has 2 nitrogen and oxygen atoms in total. The molecule has 2 unspecified atom stereocenters. The van der Waals surface area contributed by atoms with Gasteiger partial charge in [-0.2, -0.15) is 13.2 Å². The fourth-order valence-electron chi connectivity index (χ4n) is 1.58. The smallest absolute Gasteiger partial charge is 0.405 e. The molecule has 12 heavy (non-hydrogen) atoms. The number of hydrogen-bond donors (Lipinski definition) is 1. The third-order valence-electron chi connectivity index (χ3n) is 2.70. The molecule has 0 aromatic rings. The van der Waals surface area contributed by atoms with Gasteiger partial charge >= 0.3 is 12.1 Å². The maximum Gasteiger partial charge on any atom is 0.405 e. The van der Waals surface area contributed by atoms with Crippen molar-refractivity contribution in [3.63, 3.8) is 0 Å². The average Bonchev–Trinajstić information content (AvgIpc) is 1.80. The van der Waals surface area contributed by atoms with Crippen LogP contribution < -0.4 is 0 Å². The van der Waals surface area contributed by atoms with Gasteiger partial charge in [0.25, 0.3) is 0 Å². The number of halogens is 3. The van der Waals surface area contributed by atoms with Crippen molar-refractivity contribution >= 4 is 5.97 Å². The number of hydrogen-bond acceptors (Lipinski definition) is 1. The zero-order chi connectivity index (χ0) is 9.57. The number of carboxylic acid groups (broad SMARTS) is 1. The summed E-state index contributed by atoms with van der Waals surface area (Å²) in [5, 5.41) is 8.47. The van der Waals surface area contributed by atoms with Gasteiger partial charge in [-0.25, -0.2) is 0 Å². The van der Waals surface area contributed by atoms with Crippen LogP contribution >= 0.6 is 0 Å². The highest BCUT2D eigenvalue weighted by molar-refractivity contribution is 5.77. The Morgan fingerprint density at radius 1 is 1.58 bits per heavy atom. The van der Waals surface area contributed by atoms with Gasteiger partial charge in [-0.3, -0.25) is 4.79 Å². The zero-order valence-corrected chi connectivity index (χ0v) is 6.48. The molecule has 0 heterocycles. The van der Waals surface area contributed by atoms with Crippen molar-refractivity contribution in [3.05, 3.63) is 0 Å². The molecule has 2 atom stereocenters. The molecule has 5 heteroatoms. The van der Waals surface area contributed by atoms with Gasteiger partial charge in [0.1, 0.15) is 0 Å². The minimum atomic E-state index is -4.61. The first-order valence-electron chi connectivity index (χ1n) is 3.62. The molecule has 1 saturated carbocycles. The number of carbonyl (C=O) groups is 1.